The Hall–Kier alpha value is -4.73. The van der Waals surface area contributed by atoms with Crippen LogP contribution in [0.3, 0.4) is 0 Å². The topological polar surface area (TPSA) is 192 Å². The van der Waals surface area contributed by atoms with Gasteiger partial charge >= 0.3 is 12.1 Å². The number of nitrogens with one attached hydrogen (secondary N) is 3. The van der Waals surface area contributed by atoms with Crippen LogP contribution in [0.25, 0.3) is 0 Å². The van der Waals surface area contributed by atoms with Gasteiger partial charge in [-0.25, -0.2) is 22.4 Å². The third kappa shape index (κ3) is 7.43. The lowest BCUT2D eigenvalue weighted by Gasteiger charge is -2.36. The molecule has 4 N–H and O–H groups in total. The number of amides is 4. The summed E-state index contributed by atoms with van der Waals surface area (Å²) in [4.78, 5) is 69.8. The van der Waals surface area contributed by atoms with Gasteiger partial charge in [0, 0.05) is 24.2 Å². The molecule has 14 nitrogen and oxygen atoms in total. The van der Waals surface area contributed by atoms with E-state index in [-0.39, 0.29) is 44.0 Å². The molecule has 2 aliphatic carbocycles. The van der Waals surface area contributed by atoms with Crippen LogP contribution >= 0.6 is 0 Å². The van der Waals surface area contributed by atoms with E-state index in [1.807, 2.05) is 6.92 Å². The van der Waals surface area contributed by atoms with E-state index in [0.717, 1.165) is 0 Å². The molecule has 0 spiro atoms. The second-order valence-corrected chi connectivity index (χ2v) is 17.2. The summed E-state index contributed by atoms with van der Waals surface area (Å²) < 4.78 is 47.7. The molecule has 280 valence electrons. The van der Waals surface area contributed by atoms with Gasteiger partial charge in [-0.2, -0.15) is 0 Å². The lowest BCUT2D eigenvalue weighted by atomic mass is 9.85. The molecule has 5 unspecified atom stereocenters. The zero-order chi connectivity index (χ0) is 37.7. The fourth-order valence-electron chi connectivity index (χ4n) is 7.12. The van der Waals surface area contributed by atoms with Crippen LogP contribution in [0.15, 0.2) is 42.5 Å². The number of rotatable bonds is 11. The Bertz CT molecular complexity index is 1910. The number of carboxylic acid groups (broad SMARTS) is 1. The minimum Gasteiger partial charge on any atom is -0.478 e. The van der Waals surface area contributed by atoms with Crippen LogP contribution in [0.1, 0.15) is 81.3 Å². The molecule has 2 aromatic carbocycles. The highest BCUT2D eigenvalue weighted by Crippen LogP contribution is 2.47. The summed E-state index contributed by atoms with van der Waals surface area (Å²) in [7, 11) is -3.90. The summed E-state index contributed by atoms with van der Waals surface area (Å²) in [6.07, 6.45) is -0.259. The highest BCUT2D eigenvalue weighted by atomic mass is 32.2. The quantitative estimate of drug-likeness (QED) is 0.266. The number of fused-ring (bicyclic) bond motifs is 1. The number of halogens is 1. The van der Waals surface area contributed by atoms with Crippen molar-refractivity contribution in [2.45, 2.75) is 102 Å². The largest absolute Gasteiger partial charge is 0.478 e. The monoisotopic (exact) mass is 741 g/mol. The molecule has 0 aromatic heterocycles. The van der Waals surface area contributed by atoms with Gasteiger partial charge in [0.2, 0.25) is 21.8 Å². The molecule has 2 saturated carbocycles. The van der Waals surface area contributed by atoms with Gasteiger partial charge in [-0.05, 0) is 60.4 Å². The molecule has 5 atom stereocenters. The molecule has 2 aliphatic heterocycles. The zero-order valence-electron chi connectivity index (χ0n) is 29.5. The van der Waals surface area contributed by atoms with Gasteiger partial charge in [0.15, 0.2) is 0 Å². The van der Waals surface area contributed by atoms with Crippen LogP contribution in [0.4, 0.5) is 14.9 Å². The van der Waals surface area contributed by atoms with E-state index in [1.165, 1.54) is 34.1 Å². The van der Waals surface area contributed by atoms with Crippen LogP contribution in [0.2, 0.25) is 0 Å². The van der Waals surface area contributed by atoms with Crippen molar-refractivity contribution >= 4 is 45.5 Å². The number of ether oxygens (including phenoxy) is 1. The summed E-state index contributed by atoms with van der Waals surface area (Å²) >= 11 is 0. The molecule has 2 heterocycles. The Morgan fingerprint density at radius 2 is 1.79 bits per heavy atom. The molecule has 2 aromatic rings. The average Bonchev–Trinajstić information content (AvgIpc) is 3.97. The first-order chi connectivity index (χ1) is 24.4. The van der Waals surface area contributed by atoms with Crippen molar-refractivity contribution in [1.82, 2.24) is 19.8 Å². The smallest absolute Gasteiger partial charge is 0.410 e. The Labute approximate surface area is 301 Å². The van der Waals surface area contributed by atoms with Gasteiger partial charge in [-0.3, -0.25) is 24.0 Å². The fourth-order valence-corrected chi connectivity index (χ4v) is 8.48. The van der Waals surface area contributed by atoms with Gasteiger partial charge in [0.1, 0.15) is 29.5 Å². The van der Waals surface area contributed by atoms with Crippen molar-refractivity contribution in [3.63, 3.8) is 0 Å². The summed E-state index contributed by atoms with van der Waals surface area (Å²) in [5.74, 6) is -4.01. The molecule has 4 aliphatic rings. The highest BCUT2D eigenvalue weighted by Gasteiger charge is 2.62. The van der Waals surface area contributed by atoms with E-state index in [1.54, 1.807) is 39.0 Å². The van der Waals surface area contributed by atoms with Gasteiger partial charge in [0.05, 0.1) is 23.9 Å². The van der Waals surface area contributed by atoms with Crippen LogP contribution < -0.4 is 15.4 Å². The summed E-state index contributed by atoms with van der Waals surface area (Å²) in [5.41, 5.74) is -0.893. The van der Waals surface area contributed by atoms with Crippen molar-refractivity contribution in [2.75, 3.05) is 11.9 Å². The standard InChI is InChI=1S/C36H44FN5O9S/c1-5-22-16-36(22,33(47)40-52(49,50)25-12-13-25)39-30(43)28-15-24(51-34(48)41-17-21-9-7-11-27(37)26(21)19-41)18-42(28)31(44)29(35(2,3)4)38-23-10-6-8-20(14-23)32(45)46/h6-11,14,22,24-25,28-29,38H,5,12-13,15-19H2,1-4H3,(H,39,43)(H,40,47)(H,45,46). The lowest BCUT2D eigenvalue weighted by molar-refractivity contribution is -0.141. The van der Waals surface area contributed by atoms with Crippen molar-refractivity contribution in [1.29, 1.82) is 0 Å². The van der Waals surface area contributed by atoms with Crippen LogP contribution in [-0.4, -0.2) is 88.6 Å². The van der Waals surface area contributed by atoms with Gasteiger partial charge in [-0.1, -0.05) is 52.3 Å². The predicted octanol–water partition coefficient (Wildman–Crippen LogP) is 3.37. The number of nitrogens with zero attached hydrogens (tertiary/aromatic N) is 2. The van der Waals surface area contributed by atoms with Crippen molar-refractivity contribution in [2.24, 2.45) is 11.3 Å². The maximum atomic E-state index is 14.5. The minimum absolute atomic E-state index is 0.00152. The number of aromatic carboxylic acids is 1. The first-order valence-electron chi connectivity index (χ1n) is 17.4. The van der Waals surface area contributed by atoms with Crippen molar-refractivity contribution in [3.8, 4) is 0 Å². The van der Waals surface area contributed by atoms with Crippen molar-refractivity contribution < 1.29 is 46.6 Å². The SMILES string of the molecule is CCC1CC1(NC(=O)C1CC(OC(=O)N2Cc3cccc(F)c3C2)CN1C(=O)C(Nc1cccc(C(=O)O)c1)C(C)(C)C)C(=O)NS(=O)(=O)C1CC1. The number of carbonyl (C=O) groups excluding carboxylic acids is 4. The second-order valence-electron chi connectivity index (χ2n) is 15.3. The second kappa shape index (κ2) is 13.7. The fraction of sp³-hybridized carbons (Fsp3) is 0.528. The van der Waals surface area contributed by atoms with Gasteiger partial charge < -0.3 is 25.4 Å². The summed E-state index contributed by atoms with van der Waals surface area (Å²) in [5, 5.41) is 14.8. The maximum absolute atomic E-state index is 14.5. The first kappa shape index (κ1) is 37.0. The maximum Gasteiger partial charge on any atom is 0.410 e. The Kier molecular flexibility index (Phi) is 9.74. The number of hydrogen-bond donors (Lipinski definition) is 4. The number of likely N-dealkylation sites (tertiary alicyclic amines) is 1. The van der Waals surface area contributed by atoms with E-state index in [2.05, 4.69) is 15.4 Å². The van der Waals surface area contributed by atoms with Gasteiger partial charge in [-0.15, -0.1) is 0 Å². The molecule has 4 amide bonds. The van der Waals surface area contributed by atoms with Crippen LogP contribution in [-0.2, 0) is 42.2 Å². The third-order valence-corrected chi connectivity index (χ3v) is 12.2. The predicted molar refractivity (Wildman–Crippen MR) is 186 cm³/mol. The molecule has 52 heavy (non-hydrogen) atoms. The number of hydrogen-bond acceptors (Lipinski definition) is 9. The van der Waals surface area contributed by atoms with Crippen LogP contribution in [0, 0.1) is 17.2 Å². The van der Waals surface area contributed by atoms with E-state index in [9.17, 15) is 41.9 Å². The normalized spacial score (nSPS) is 24.4. The summed E-state index contributed by atoms with van der Waals surface area (Å²) in [6.45, 7) is 7.14. The lowest BCUT2D eigenvalue weighted by Crippen LogP contribution is -2.58. The van der Waals surface area contributed by atoms with E-state index in [0.29, 0.717) is 36.1 Å². The first-order valence-corrected chi connectivity index (χ1v) is 19.0. The van der Waals surface area contributed by atoms with Crippen molar-refractivity contribution in [3.05, 3.63) is 65.0 Å². The number of sulfonamides is 1. The van der Waals surface area contributed by atoms with E-state index < -0.39 is 80.0 Å². The molecule has 16 heteroatoms. The molecule has 3 fully saturated rings. The molecule has 1 saturated heterocycles. The highest BCUT2D eigenvalue weighted by molar-refractivity contribution is 7.91. The third-order valence-electron chi connectivity index (χ3n) is 10.4. The number of benzene rings is 2. The molecular weight excluding hydrogens is 697 g/mol. The Morgan fingerprint density at radius 3 is 2.40 bits per heavy atom. The van der Waals surface area contributed by atoms with E-state index >= 15 is 0 Å². The molecule has 6 rings (SSSR count). The Balaban J connectivity index is 1.25. The van der Waals surface area contributed by atoms with Gasteiger partial charge in [0.25, 0.3) is 5.91 Å². The summed E-state index contributed by atoms with van der Waals surface area (Å²) in [6, 6.07) is 8.32. The van der Waals surface area contributed by atoms with E-state index in [4.69, 9.17) is 4.74 Å². The molecule has 0 radical (unpaired) electrons. The zero-order valence-corrected chi connectivity index (χ0v) is 30.3. The van der Waals surface area contributed by atoms with Crippen LogP contribution in [0.5, 0.6) is 0 Å². The number of carbonyl (C=O) groups is 5. The Morgan fingerprint density at radius 1 is 1.08 bits per heavy atom. The average molecular weight is 742 g/mol. The number of anilines is 1. The minimum atomic E-state index is -3.90. The molecule has 0 bridgehead atoms. The molecular formula is C36H44FN5O9S. The number of carboxylic acids is 1.